The third kappa shape index (κ3) is 5.17. The molecule has 0 aliphatic carbocycles. The highest BCUT2D eigenvalue weighted by molar-refractivity contribution is 5.75. The monoisotopic (exact) mass is 432 g/mol. The predicted molar refractivity (Wildman–Crippen MR) is 114 cm³/mol. The molecule has 5 atom stereocenters. The maximum absolute atomic E-state index is 10.3. The highest BCUT2D eigenvalue weighted by atomic mass is 16.7. The van der Waals surface area contributed by atoms with E-state index >= 15 is 0 Å². The quantitative estimate of drug-likeness (QED) is 0.485. The van der Waals surface area contributed by atoms with Gasteiger partial charge in [0.25, 0.3) is 0 Å². The fraction of sp³-hybridized carbons (Fsp3) is 0.391. The van der Waals surface area contributed by atoms with E-state index in [2.05, 4.69) is 0 Å². The maximum Gasteiger partial charge on any atom is 0.229 e. The number of aliphatic hydroxyl groups excluding tert-OH is 4. The van der Waals surface area contributed by atoms with Crippen LogP contribution in [0.25, 0.3) is 12.2 Å². The molecule has 0 spiro atoms. The highest BCUT2D eigenvalue weighted by Crippen LogP contribution is 2.39. The van der Waals surface area contributed by atoms with Crippen molar-refractivity contribution in [2.24, 2.45) is 0 Å². The summed E-state index contributed by atoms with van der Waals surface area (Å²) in [6, 6.07) is 11.3. The molecule has 168 valence electrons. The molecular weight excluding hydrogens is 404 g/mol. The molecule has 0 bridgehead atoms. The summed E-state index contributed by atoms with van der Waals surface area (Å²) in [5.74, 6) is 1.09. The van der Waals surface area contributed by atoms with Crippen molar-refractivity contribution in [2.75, 3.05) is 20.8 Å². The second-order valence-corrected chi connectivity index (χ2v) is 7.31. The van der Waals surface area contributed by atoms with E-state index in [1.165, 1.54) is 14.2 Å². The lowest BCUT2D eigenvalue weighted by molar-refractivity contribution is -0.277. The molecule has 0 radical (unpaired) electrons. The molecule has 1 aliphatic heterocycles. The van der Waals surface area contributed by atoms with Gasteiger partial charge in [0.2, 0.25) is 6.29 Å². The molecule has 0 saturated carbocycles. The summed E-state index contributed by atoms with van der Waals surface area (Å²) in [5.41, 5.74) is 2.69. The Morgan fingerprint density at radius 3 is 2.26 bits per heavy atom. The molecule has 31 heavy (non-hydrogen) atoms. The first-order chi connectivity index (χ1) is 14.9. The molecule has 1 fully saturated rings. The minimum Gasteiger partial charge on any atom is -0.497 e. The Bertz CT molecular complexity index is 893. The predicted octanol–water partition coefficient (Wildman–Crippen LogP) is 1.36. The zero-order chi connectivity index (χ0) is 22.5. The molecule has 2 aromatic rings. The lowest BCUT2D eigenvalue weighted by Gasteiger charge is -2.39. The van der Waals surface area contributed by atoms with Crippen LogP contribution < -0.4 is 14.2 Å². The Balaban J connectivity index is 1.97. The number of methoxy groups -OCH3 is 2. The molecule has 1 heterocycles. The standard InChI is InChI=1S/C23H28O8/c1-13-4-6-14(7-5-13)8-9-15-10-16(28-2)11-17(29-3)22(15)31-23-21(27)20(26)19(25)18(12-24)30-23/h4-11,18-21,23-27H,12H2,1-3H3/b9-8+/t18-,19-,20+,21-,23?/m1/s1. The number of aryl methyl sites for hydroxylation is 1. The SMILES string of the molecule is COc1cc(/C=C/c2ccc(C)cc2)c(OC2O[C@H](CO)[C@@H](O)[C@H](O)[C@H]2O)c(OC)c1. The van der Waals surface area contributed by atoms with Gasteiger partial charge in [0.05, 0.1) is 20.8 Å². The first-order valence-electron chi connectivity index (χ1n) is 9.86. The van der Waals surface area contributed by atoms with Crippen LogP contribution >= 0.6 is 0 Å². The van der Waals surface area contributed by atoms with Gasteiger partial charge < -0.3 is 39.4 Å². The van der Waals surface area contributed by atoms with E-state index in [-0.39, 0.29) is 5.75 Å². The van der Waals surface area contributed by atoms with Crippen LogP contribution in [0, 0.1) is 6.92 Å². The minimum absolute atomic E-state index is 0.246. The molecule has 4 N–H and O–H groups in total. The molecule has 1 saturated heterocycles. The number of aliphatic hydroxyl groups is 4. The number of hydrogen-bond donors (Lipinski definition) is 4. The molecule has 0 aromatic heterocycles. The van der Waals surface area contributed by atoms with Crippen molar-refractivity contribution in [3.05, 3.63) is 53.1 Å². The van der Waals surface area contributed by atoms with Crippen LogP contribution in [-0.4, -0.2) is 72.0 Å². The third-order valence-corrected chi connectivity index (χ3v) is 5.13. The van der Waals surface area contributed by atoms with E-state index in [1.807, 2.05) is 37.3 Å². The molecule has 0 amide bonds. The molecule has 1 aliphatic rings. The zero-order valence-electron chi connectivity index (χ0n) is 17.6. The smallest absolute Gasteiger partial charge is 0.229 e. The lowest BCUT2D eigenvalue weighted by atomic mass is 9.99. The van der Waals surface area contributed by atoms with E-state index in [1.54, 1.807) is 18.2 Å². The van der Waals surface area contributed by atoms with Gasteiger partial charge in [-0.05, 0) is 18.6 Å². The summed E-state index contributed by atoms with van der Waals surface area (Å²) >= 11 is 0. The summed E-state index contributed by atoms with van der Waals surface area (Å²) in [6.45, 7) is 1.46. The van der Waals surface area contributed by atoms with Crippen molar-refractivity contribution in [2.45, 2.75) is 37.6 Å². The molecule has 3 rings (SSSR count). The summed E-state index contributed by atoms with van der Waals surface area (Å²) in [5, 5.41) is 39.8. The average Bonchev–Trinajstić information content (AvgIpc) is 2.79. The number of hydrogen-bond acceptors (Lipinski definition) is 8. The van der Waals surface area contributed by atoms with Gasteiger partial charge in [-0.25, -0.2) is 0 Å². The van der Waals surface area contributed by atoms with Crippen molar-refractivity contribution in [3.63, 3.8) is 0 Å². The van der Waals surface area contributed by atoms with E-state index in [0.717, 1.165) is 11.1 Å². The first kappa shape index (κ1) is 23.1. The first-order valence-corrected chi connectivity index (χ1v) is 9.86. The zero-order valence-corrected chi connectivity index (χ0v) is 17.6. The average molecular weight is 432 g/mol. The maximum atomic E-state index is 10.3. The van der Waals surface area contributed by atoms with E-state index in [9.17, 15) is 20.4 Å². The van der Waals surface area contributed by atoms with Crippen molar-refractivity contribution in [1.82, 2.24) is 0 Å². The van der Waals surface area contributed by atoms with Crippen LogP contribution in [0.1, 0.15) is 16.7 Å². The topological polar surface area (TPSA) is 118 Å². The normalized spacial score (nSPS) is 26.1. The van der Waals surface area contributed by atoms with E-state index in [0.29, 0.717) is 17.1 Å². The largest absolute Gasteiger partial charge is 0.497 e. The molecular formula is C23H28O8. The summed E-state index contributed by atoms with van der Waals surface area (Å²) in [4.78, 5) is 0. The second-order valence-electron chi connectivity index (χ2n) is 7.31. The second kappa shape index (κ2) is 10.1. The van der Waals surface area contributed by atoms with Crippen molar-refractivity contribution < 1.29 is 39.4 Å². The van der Waals surface area contributed by atoms with Gasteiger partial charge in [-0.2, -0.15) is 0 Å². The van der Waals surface area contributed by atoms with Crippen molar-refractivity contribution in [1.29, 1.82) is 0 Å². The van der Waals surface area contributed by atoms with Crippen LogP contribution in [0.3, 0.4) is 0 Å². The van der Waals surface area contributed by atoms with Crippen LogP contribution in [0.15, 0.2) is 36.4 Å². The molecule has 8 heteroatoms. The molecule has 1 unspecified atom stereocenters. The van der Waals surface area contributed by atoms with Crippen LogP contribution in [0.4, 0.5) is 0 Å². The Hall–Kier alpha value is -2.62. The fourth-order valence-electron chi connectivity index (χ4n) is 3.26. The van der Waals surface area contributed by atoms with E-state index in [4.69, 9.17) is 18.9 Å². The Labute approximate surface area is 180 Å². The fourth-order valence-corrected chi connectivity index (χ4v) is 3.26. The van der Waals surface area contributed by atoms with E-state index < -0.39 is 37.3 Å². The van der Waals surface area contributed by atoms with Gasteiger partial charge in [0.1, 0.15) is 30.2 Å². The summed E-state index contributed by atoms with van der Waals surface area (Å²) < 4.78 is 22.1. The van der Waals surface area contributed by atoms with Gasteiger partial charge in [0, 0.05) is 11.6 Å². The van der Waals surface area contributed by atoms with Gasteiger partial charge in [0.15, 0.2) is 11.5 Å². The summed E-state index contributed by atoms with van der Waals surface area (Å²) in [7, 11) is 2.99. The summed E-state index contributed by atoms with van der Waals surface area (Å²) in [6.07, 6.45) is -3.31. The number of rotatable bonds is 7. The van der Waals surface area contributed by atoms with Crippen LogP contribution in [0.2, 0.25) is 0 Å². The Morgan fingerprint density at radius 1 is 0.935 bits per heavy atom. The minimum atomic E-state index is -1.55. The Morgan fingerprint density at radius 2 is 1.65 bits per heavy atom. The van der Waals surface area contributed by atoms with Crippen LogP contribution in [0.5, 0.6) is 17.2 Å². The molecule has 8 nitrogen and oxygen atoms in total. The van der Waals surface area contributed by atoms with Gasteiger partial charge in [-0.1, -0.05) is 42.0 Å². The van der Waals surface area contributed by atoms with Crippen molar-refractivity contribution >= 4 is 12.2 Å². The highest BCUT2D eigenvalue weighted by Gasteiger charge is 2.45. The van der Waals surface area contributed by atoms with Gasteiger partial charge >= 0.3 is 0 Å². The van der Waals surface area contributed by atoms with Crippen LogP contribution in [-0.2, 0) is 4.74 Å². The van der Waals surface area contributed by atoms with Crippen molar-refractivity contribution in [3.8, 4) is 17.2 Å². The van der Waals surface area contributed by atoms with Gasteiger partial charge in [-0.15, -0.1) is 0 Å². The lowest BCUT2D eigenvalue weighted by Crippen LogP contribution is -2.60. The number of ether oxygens (including phenoxy) is 4. The molecule has 2 aromatic carbocycles. The number of benzene rings is 2. The Kier molecular flexibility index (Phi) is 7.53. The van der Waals surface area contributed by atoms with Gasteiger partial charge in [-0.3, -0.25) is 0 Å². The third-order valence-electron chi connectivity index (χ3n) is 5.13.